The van der Waals surface area contributed by atoms with Crippen molar-refractivity contribution >= 4 is 102 Å². The van der Waals surface area contributed by atoms with Crippen LogP contribution in [0.1, 0.15) is 87.8 Å². The van der Waals surface area contributed by atoms with Crippen LogP contribution in [0.25, 0.3) is 66.1 Å². The van der Waals surface area contributed by atoms with Gasteiger partial charge in [-0.15, -0.1) is 0 Å². The zero-order valence-electron chi connectivity index (χ0n) is 42.9. The third-order valence-corrected chi connectivity index (χ3v) is 18.1. The molecule has 4 heterocycles. The highest BCUT2D eigenvalue weighted by Gasteiger charge is 2.41. The molecule has 3 aliphatic rings. The summed E-state index contributed by atoms with van der Waals surface area (Å²) in [5.41, 5.74) is 24.0. The maximum Gasteiger partial charge on any atom is 0.198 e. The van der Waals surface area contributed by atoms with E-state index in [9.17, 15) is 0 Å². The molecule has 6 heteroatoms. The largest absolute Gasteiger partial charge is 0.456 e. The molecule has 1 aliphatic carbocycles. The van der Waals surface area contributed by atoms with Crippen molar-refractivity contribution in [3.63, 3.8) is 0 Å². The van der Waals surface area contributed by atoms with Gasteiger partial charge in [0.15, 0.2) is 12.9 Å². The van der Waals surface area contributed by atoms with Gasteiger partial charge >= 0.3 is 0 Å². The number of fused-ring (bicyclic) bond motifs is 11. The third kappa shape index (κ3) is 6.68. The number of nitrogens with zero attached hydrogens (tertiary/aromatic N) is 1. The monoisotopic (exact) mass is 964 g/mol. The molecular formula is C67H57BN2O2S. The van der Waals surface area contributed by atoms with Crippen LogP contribution in [-0.4, -0.2) is 7.28 Å². The van der Waals surface area contributed by atoms with Crippen molar-refractivity contribution in [2.24, 2.45) is 0 Å². The molecule has 2 aromatic heterocycles. The van der Waals surface area contributed by atoms with E-state index < -0.39 is 0 Å². The van der Waals surface area contributed by atoms with Crippen molar-refractivity contribution in [1.29, 1.82) is 0 Å². The molecule has 4 nitrogen and oxygen atoms in total. The van der Waals surface area contributed by atoms with Gasteiger partial charge in [0.05, 0.1) is 5.69 Å². The van der Waals surface area contributed by atoms with Gasteiger partial charge in [-0.2, -0.15) is 0 Å². The molecule has 0 bridgehead atoms. The summed E-state index contributed by atoms with van der Waals surface area (Å²) in [4.78, 5) is 5.28. The van der Waals surface area contributed by atoms with Gasteiger partial charge in [0.2, 0.25) is 0 Å². The van der Waals surface area contributed by atoms with Gasteiger partial charge in [-0.3, -0.25) is 0 Å². The molecule has 1 N–H and O–H groups in total. The molecule has 9 aromatic carbocycles. The van der Waals surface area contributed by atoms with Crippen LogP contribution < -0.4 is 21.1 Å². The standard InChI is InChI=1S/C67H57BN2O2S/c1-38-26-29-51(45(32-38)40-18-10-9-11-19-40)69-63-44(28-27-42-41-20-12-15-23-55(41)72-64(42)63)61-60-43-21-13-16-24-56(43)71-57(60)37-54-62(61)68-50-36-59-49(67(7,8)46-22-14-17-25-58(46)73-59)35-53(50)70(54)52-34-48-47(33-39(52)2)65(3,4)30-31-66(48,5)6/h9-29,32-37,68-69H,30-31H2,1-8H3. The minimum atomic E-state index is -0.208. The number of benzene rings is 9. The molecule has 0 fully saturated rings. The van der Waals surface area contributed by atoms with Crippen molar-refractivity contribution < 1.29 is 8.83 Å². The quantitative estimate of drug-likeness (QED) is 0.174. The van der Waals surface area contributed by atoms with Gasteiger partial charge in [-0.05, 0) is 130 Å². The Morgan fingerprint density at radius 3 is 2.01 bits per heavy atom. The molecule has 14 rings (SSSR count). The Hall–Kier alpha value is -7.41. The molecule has 0 amide bonds. The molecule has 0 radical (unpaired) electrons. The Kier molecular flexibility index (Phi) is 9.59. The summed E-state index contributed by atoms with van der Waals surface area (Å²) in [6, 6.07) is 60.6. The first-order valence-corrected chi connectivity index (χ1v) is 26.8. The molecule has 11 aromatic rings. The topological polar surface area (TPSA) is 41.6 Å². The van der Waals surface area contributed by atoms with E-state index in [1.54, 1.807) is 0 Å². The van der Waals surface area contributed by atoms with E-state index in [1.165, 1.54) is 65.5 Å². The van der Waals surface area contributed by atoms with Gasteiger partial charge in [-0.25, -0.2) is 0 Å². The van der Waals surface area contributed by atoms with Crippen LogP contribution in [0.5, 0.6) is 0 Å². The fraction of sp³-hybridized carbons (Fsp3) is 0.194. The highest BCUT2D eigenvalue weighted by atomic mass is 32.2. The lowest BCUT2D eigenvalue weighted by Crippen LogP contribution is -2.42. The summed E-state index contributed by atoms with van der Waals surface area (Å²) < 4.78 is 14.2. The van der Waals surface area contributed by atoms with Crippen LogP contribution in [-0.2, 0) is 16.2 Å². The third-order valence-electron chi connectivity index (χ3n) is 17.0. The van der Waals surface area contributed by atoms with E-state index in [0.29, 0.717) is 0 Å². The summed E-state index contributed by atoms with van der Waals surface area (Å²) in [5.74, 6) is 0. The Morgan fingerprint density at radius 1 is 0.534 bits per heavy atom. The number of hydrogen-bond acceptors (Lipinski definition) is 5. The number of hydrogen-bond donors (Lipinski definition) is 1. The average molecular weight is 965 g/mol. The second-order valence-electron chi connectivity index (χ2n) is 22.9. The van der Waals surface area contributed by atoms with Crippen molar-refractivity contribution in [1.82, 2.24) is 0 Å². The van der Waals surface area contributed by atoms with Crippen molar-refractivity contribution in [2.75, 3.05) is 10.2 Å². The molecule has 2 aliphatic heterocycles. The molecule has 73 heavy (non-hydrogen) atoms. The lowest BCUT2D eigenvalue weighted by atomic mass is 9.57. The maximum atomic E-state index is 7.11. The van der Waals surface area contributed by atoms with Crippen LogP contribution in [0.2, 0.25) is 0 Å². The Morgan fingerprint density at radius 2 is 1.22 bits per heavy atom. The first kappa shape index (κ1) is 44.3. The van der Waals surface area contributed by atoms with E-state index in [0.717, 1.165) is 103 Å². The van der Waals surface area contributed by atoms with Crippen LogP contribution in [0.15, 0.2) is 182 Å². The number of anilines is 5. The zero-order chi connectivity index (χ0) is 49.7. The molecule has 0 spiro atoms. The predicted octanol–water partition coefficient (Wildman–Crippen LogP) is 17.5. The first-order valence-electron chi connectivity index (χ1n) is 26.0. The Balaban J connectivity index is 1.10. The number of nitrogens with one attached hydrogen (secondary N) is 1. The number of rotatable bonds is 5. The normalized spacial score (nSPS) is 15.9. The average Bonchev–Trinajstić information content (AvgIpc) is 3.96. The summed E-state index contributed by atoms with van der Waals surface area (Å²) in [6.45, 7) is 19.1. The van der Waals surface area contributed by atoms with Crippen LogP contribution in [0.4, 0.5) is 28.4 Å². The molecule has 0 saturated carbocycles. The number of aryl methyl sites for hydroxylation is 2. The molecular weight excluding hydrogens is 908 g/mol. The van der Waals surface area contributed by atoms with Gasteiger partial charge in [-0.1, -0.05) is 174 Å². The SMILES string of the molecule is Cc1ccc(Nc2c(-c3c4c(cc5oc6ccccc6c35)N(c3cc5c(cc3C)C(C)(C)CCC5(C)C)c3cc5c(cc3B4)Sc3ccccc3C5(C)C)ccc3c2oc2ccccc23)c(-c2ccccc2)c1. The minimum absolute atomic E-state index is 0.0118. The number of furan rings is 2. The summed E-state index contributed by atoms with van der Waals surface area (Å²) in [5, 5.41) is 8.49. The highest BCUT2D eigenvalue weighted by molar-refractivity contribution is 7.99. The van der Waals surface area contributed by atoms with Crippen LogP contribution in [0, 0.1) is 13.8 Å². The highest BCUT2D eigenvalue weighted by Crippen LogP contribution is 2.55. The second kappa shape index (κ2) is 15.8. The number of para-hydroxylation sites is 2. The summed E-state index contributed by atoms with van der Waals surface area (Å²) >= 11 is 1.92. The van der Waals surface area contributed by atoms with Crippen molar-refractivity contribution in [3.05, 3.63) is 197 Å². The fourth-order valence-corrected chi connectivity index (χ4v) is 14.3. The molecule has 356 valence electrons. The predicted molar refractivity (Wildman–Crippen MR) is 310 cm³/mol. The van der Waals surface area contributed by atoms with Crippen LogP contribution >= 0.6 is 11.8 Å². The van der Waals surface area contributed by atoms with E-state index in [-0.39, 0.29) is 16.2 Å². The maximum absolute atomic E-state index is 7.11. The summed E-state index contributed by atoms with van der Waals surface area (Å²) in [6.07, 6.45) is 2.30. The van der Waals surface area contributed by atoms with Gasteiger partial charge in [0.25, 0.3) is 0 Å². The van der Waals surface area contributed by atoms with E-state index in [4.69, 9.17) is 8.83 Å². The Bertz CT molecular complexity index is 4140. The summed E-state index contributed by atoms with van der Waals surface area (Å²) in [7, 11) is 0.724. The van der Waals surface area contributed by atoms with E-state index in [2.05, 4.69) is 229 Å². The Labute approximate surface area is 432 Å². The van der Waals surface area contributed by atoms with Crippen molar-refractivity contribution in [3.8, 4) is 22.3 Å². The van der Waals surface area contributed by atoms with E-state index in [1.807, 2.05) is 11.8 Å². The van der Waals surface area contributed by atoms with Gasteiger partial charge in [0, 0.05) is 76.7 Å². The zero-order valence-corrected chi connectivity index (χ0v) is 43.7. The molecule has 0 atom stereocenters. The first-order chi connectivity index (χ1) is 35.2. The van der Waals surface area contributed by atoms with E-state index >= 15 is 0 Å². The lowest BCUT2D eigenvalue weighted by molar-refractivity contribution is 0.332. The van der Waals surface area contributed by atoms with Gasteiger partial charge in [0.1, 0.15) is 16.7 Å². The second-order valence-corrected chi connectivity index (χ2v) is 24.0. The fourth-order valence-electron chi connectivity index (χ4n) is 12.9. The molecule has 0 saturated heterocycles. The van der Waals surface area contributed by atoms with Gasteiger partial charge < -0.3 is 19.1 Å². The minimum Gasteiger partial charge on any atom is -0.456 e. The molecule has 0 unspecified atom stereocenters. The smallest absolute Gasteiger partial charge is 0.198 e. The lowest BCUT2D eigenvalue weighted by Gasteiger charge is -2.44. The van der Waals surface area contributed by atoms with Crippen molar-refractivity contribution in [2.45, 2.75) is 94.3 Å². The van der Waals surface area contributed by atoms with Crippen LogP contribution in [0.3, 0.4) is 0 Å².